The molecule has 0 saturated heterocycles. The summed E-state index contributed by atoms with van der Waals surface area (Å²) < 4.78 is 1.77. The van der Waals surface area contributed by atoms with Crippen molar-refractivity contribution >= 4 is 17.5 Å². The number of carboxylic acids is 1. The first-order chi connectivity index (χ1) is 8.61. The van der Waals surface area contributed by atoms with Crippen LogP contribution < -0.4 is 5.32 Å². The number of aromatic nitrogens is 2. The van der Waals surface area contributed by atoms with Gasteiger partial charge in [0.25, 0.3) is 0 Å². The number of anilines is 2. The van der Waals surface area contributed by atoms with E-state index in [0.29, 0.717) is 5.69 Å². The number of nitrogens with one attached hydrogen (secondary N) is 1. The van der Waals surface area contributed by atoms with E-state index in [4.69, 9.17) is 5.11 Å². The Morgan fingerprint density at radius 3 is 2.89 bits per heavy atom. The van der Waals surface area contributed by atoms with Gasteiger partial charge in [0.15, 0.2) is 0 Å². The Kier molecular flexibility index (Phi) is 3.32. The van der Waals surface area contributed by atoms with Gasteiger partial charge < -0.3 is 10.4 Å². The van der Waals surface area contributed by atoms with Crippen LogP contribution >= 0.6 is 0 Å². The molecule has 2 aromatic rings. The number of nitrogens with zero attached hydrogens (tertiary/aromatic N) is 2. The van der Waals surface area contributed by atoms with Crippen LogP contribution in [-0.4, -0.2) is 20.9 Å². The monoisotopic (exact) mass is 245 g/mol. The van der Waals surface area contributed by atoms with Gasteiger partial charge in [0.2, 0.25) is 0 Å². The second-order valence-corrected chi connectivity index (χ2v) is 4.01. The predicted molar refractivity (Wildman–Crippen MR) is 69.3 cm³/mol. The summed E-state index contributed by atoms with van der Waals surface area (Å²) in [7, 11) is 0. The van der Waals surface area contributed by atoms with Crippen LogP contribution in [0, 0.1) is 6.92 Å². The van der Waals surface area contributed by atoms with Crippen LogP contribution in [0.3, 0.4) is 0 Å². The SMILES string of the molecule is CCn1nccc1Nc1cc(C)ccc1C(=O)O. The molecule has 0 unspecified atom stereocenters. The average Bonchev–Trinajstić information content (AvgIpc) is 2.76. The summed E-state index contributed by atoms with van der Waals surface area (Å²) in [5.41, 5.74) is 1.84. The maximum absolute atomic E-state index is 11.2. The van der Waals surface area contributed by atoms with Crippen LogP contribution in [0.2, 0.25) is 0 Å². The first-order valence-electron chi connectivity index (χ1n) is 5.74. The molecule has 0 aliphatic rings. The summed E-state index contributed by atoms with van der Waals surface area (Å²) in [5, 5.41) is 16.4. The van der Waals surface area contributed by atoms with Crippen LogP contribution in [0.4, 0.5) is 11.5 Å². The fourth-order valence-corrected chi connectivity index (χ4v) is 1.78. The molecule has 5 heteroatoms. The summed E-state index contributed by atoms with van der Waals surface area (Å²) in [4.78, 5) is 11.2. The van der Waals surface area contributed by atoms with Gasteiger partial charge in [-0.3, -0.25) is 0 Å². The zero-order valence-corrected chi connectivity index (χ0v) is 10.3. The standard InChI is InChI=1S/C13H15N3O2/c1-3-16-12(6-7-14-16)15-11-8-9(2)4-5-10(11)13(17)18/h4-8,15H,3H2,1-2H3,(H,17,18). The van der Waals surface area contributed by atoms with E-state index in [1.165, 1.54) is 0 Å². The molecule has 5 nitrogen and oxygen atoms in total. The predicted octanol–water partition coefficient (Wildman–Crippen LogP) is 2.65. The lowest BCUT2D eigenvalue weighted by atomic mass is 10.1. The molecule has 1 aromatic carbocycles. The maximum Gasteiger partial charge on any atom is 0.337 e. The number of carbonyl (C=O) groups is 1. The lowest BCUT2D eigenvalue weighted by Gasteiger charge is -2.11. The Bertz CT molecular complexity index is 575. The lowest BCUT2D eigenvalue weighted by molar-refractivity contribution is 0.0698. The van der Waals surface area contributed by atoms with Crippen molar-refractivity contribution in [1.29, 1.82) is 0 Å². The van der Waals surface area contributed by atoms with Gasteiger partial charge in [-0.15, -0.1) is 0 Å². The minimum Gasteiger partial charge on any atom is -0.478 e. The number of hydrogen-bond donors (Lipinski definition) is 2. The molecule has 0 fully saturated rings. The Labute approximate surface area is 105 Å². The van der Waals surface area contributed by atoms with Crippen molar-refractivity contribution in [2.75, 3.05) is 5.32 Å². The molecule has 94 valence electrons. The van der Waals surface area contributed by atoms with Crippen molar-refractivity contribution in [1.82, 2.24) is 9.78 Å². The van der Waals surface area contributed by atoms with Gasteiger partial charge in [-0.2, -0.15) is 5.10 Å². The highest BCUT2D eigenvalue weighted by Crippen LogP contribution is 2.22. The van der Waals surface area contributed by atoms with Gasteiger partial charge in [-0.05, 0) is 31.5 Å². The van der Waals surface area contributed by atoms with E-state index in [2.05, 4.69) is 10.4 Å². The third-order valence-corrected chi connectivity index (χ3v) is 2.68. The van der Waals surface area contributed by atoms with Crippen LogP contribution in [0.5, 0.6) is 0 Å². The molecule has 0 saturated carbocycles. The normalized spacial score (nSPS) is 10.3. The molecular formula is C13H15N3O2. The molecule has 0 radical (unpaired) electrons. The second-order valence-electron chi connectivity index (χ2n) is 4.01. The highest BCUT2D eigenvalue weighted by atomic mass is 16.4. The van der Waals surface area contributed by atoms with E-state index in [0.717, 1.165) is 17.9 Å². The molecule has 1 heterocycles. The van der Waals surface area contributed by atoms with Gasteiger partial charge >= 0.3 is 5.97 Å². The molecule has 0 spiro atoms. The lowest BCUT2D eigenvalue weighted by Crippen LogP contribution is -2.07. The van der Waals surface area contributed by atoms with E-state index in [1.54, 1.807) is 23.0 Å². The van der Waals surface area contributed by atoms with Crippen LogP contribution in [0.25, 0.3) is 0 Å². The van der Waals surface area contributed by atoms with E-state index >= 15 is 0 Å². The molecule has 0 aliphatic carbocycles. The number of aromatic carboxylic acids is 1. The molecular weight excluding hydrogens is 230 g/mol. The van der Waals surface area contributed by atoms with Gasteiger partial charge in [-0.25, -0.2) is 9.48 Å². The fourth-order valence-electron chi connectivity index (χ4n) is 1.78. The van der Waals surface area contributed by atoms with Crippen molar-refractivity contribution in [3.05, 3.63) is 41.6 Å². The number of hydrogen-bond acceptors (Lipinski definition) is 3. The average molecular weight is 245 g/mol. The zero-order valence-electron chi connectivity index (χ0n) is 10.3. The summed E-state index contributed by atoms with van der Waals surface area (Å²) in [6.07, 6.45) is 1.68. The Hall–Kier alpha value is -2.30. The fraction of sp³-hybridized carbons (Fsp3) is 0.231. The molecule has 0 bridgehead atoms. The Balaban J connectivity index is 2.39. The van der Waals surface area contributed by atoms with Crippen LogP contribution in [0.1, 0.15) is 22.8 Å². The maximum atomic E-state index is 11.2. The van der Waals surface area contributed by atoms with E-state index in [1.807, 2.05) is 26.0 Å². The molecule has 0 aliphatic heterocycles. The quantitative estimate of drug-likeness (QED) is 0.869. The van der Waals surface area contributed by atoms with Crippen LogP contribution in [-0.2, 0) is 6.54 Å². The van der Waals surface area contributed by atoms with E-state index < -0.39 is 5.97 Å². The third-order valence-electron chi connectivity index (χ3n) is 2.68. The largest absolute Gasteiger partial charge is 0.478 e. The number of rotatable bonds is 4. The summed E-state index contributed by atoms with van der Waals surface area (Å²) in [6, 6.07) is 7.02. The van der Waals surface area contributed by atoms with Crippen LogP contribution in [0.15, 0.2) is 30.5 Å². The zero-order chi connectivity index (χ0) is 13.1. The van der Waals surface area contributed by atoms with Crippen molar-refractivity contribution < 1.29 is 9.90 Å². The second kappa shape index (κ2) is 4.91. The molecule has 2 rings (SSSR count). The van der Waals surface area contributed by atoms with E-state index in [9.17, 15) is 4.79 Å². The topological polar surface area (TPSA) is 67.2 Å². The van der Waals surface area contributed by atoms with Gasteiger partial charge in [0, 0.05) is 12.6 Å². The molecule has 2 N–H and O–H groups in total. The van der Waals surface area contributed by atoms with Crippen molar-refractivity contribution in [2.24, 2.45) is 0 Å². The third kappa shape index (κ3) is 2.34. The minimum absolute atomic E-state index is 0.254. The number of aryl methyl sites for hydroxylation is 2. The molecule has 18 heavy (non-hydrogen) atoms. The smallest absolute Gasteiger partial charge is 0.337 e. The van der Waals surface area contributed by atoms with Gasteiger partial charge in [0.1, 0.15) is 5.82 Å². The molecule has 0 atom stereocenters. The van der Waals surface area contributed by atoms with Gasteiger partial charge in [0.05, 0.1) is 17.4 Å². The Morgan fingerprint density at radius 1 is 1.44 bits per heavy atom. The summed E-state index contributed by atoms with van der Waals surface area (Å²) in [6.45, 7) is 4.63. The highest BCUT2D eigenvalue weighted by Gasteiger charge is 2.11. The Morgan fingerprint density at radius 2 is 2.22 bits per heavy atom. The summed E-state index contributed by atoms with van der Waals surface area (Å²) in [5.74, 6) is -0.161. The number of carboxylic acid groups (broad SMARTS) is 1. The molecule has 1 aromatic heterocycles. The van der Waals surface area contributed by atoms with Gasteiger partial charge in [-0.1, -0.05) is 6.07 Å². The first kappa shape index (κ1) is 12.2. The number of benzene rings is 1. The molecule has 0 amide bonds. The van der Waals surface area contributed by atoms with Crippen molar-refractivity contribution in [3.8, 4) is 0 Å². The van der Waals surface area contributed by atoms with Crippen molar-refractivity contribution in [2.45, 2.75) is 20.4 Å². The van der Waals surface area contributed by atoms with Crippen molar-refractivity contribution in [3.63, 3.8) is 0 Å². The highest BCUT2D eigenvalue weighted by molar-refractivity contribution is 5.95. The van der Waals surface area contributed by atoms with E-state index in [-0.39, 0.29) is 5.56 Å². The first-order valence-corrected chi connectivity index (χ1v) is 5.74. The summed E-state index contributed by atoms with van der Waals surface area (Å²) >= 11 is 0. The minimum atomic E-state index is -0.944.